The van der Waals surface area contributed by atoms with Crippen molar-refractivity contribution in [1.82, 2.24) is 0 Å². The molecule has 0 aliphatic heterocycles. The molecule has 0 atom stereocenters. The van der Waals surface area contributed by atoms with E-state index in [2.05, 4.69) is 10.8 Å². The van der Waals surface area contributed by atoms with E-state index < -0.39 is 0 Å². The van der Waals surface area contributed by atoms with E-state index in [-0.39, 0.29) is 33.2 Å². The molecule has 0 N–H and O–H groups in total. The van der Waals surface area contributed by atoms with Gasteiger partial charge in [0.2, 0.25) is 5.78 Å². The van der Waals surface area contributed by atoms with Gasteiger partial charge >= 0.3 is 0 Å². The molecule has 2 aromatic rings. The lowest BCUT2D eigenvalue weighted by molar-refractivity contribution is -0.0000108. The summed E-state index contributed by atoms with van der Waals surface area (Å²) in [6, 6.07) is 13.5. The maximum atomic E-state index is 11.7. The van der Waals surface area contributed by atoms with Crippen LogP contribution in [0.5, 0.6) is 0 Å². The molecule has 0 aliphatic carbocycles. The van der Waals surface area contributed by atoms with Crippen LogP contribution in [0.2, 0.25) is 0 Å². The number of carbonyl (C=O) groups excluding carboxylic acids is 1. The Balaban J connectivity index is 0.00000112. The van der Waals surface area contributed by atoms with Crippen LogP contribution in [0.1, 0.15) is 10.4 Å². The second kappa shape index (κ2) is 5.83. The highest BCUT2D eigenvalue weighted by Crippen LogP contribution is 2.19. The maximum absolute atomic E-state index is 11.7. The summed E-state index contributed by atoms with van der Waals surface area (Å²) in [5, 5.41) is 4.17. The van der Waals surface area contributed by atoms with Crippen LogP contribution in [-0.4, -0.2) is 5.78 Å². The third kappa shape index (κ3) is 3.29. The van der Waals surface area contributed by atoms with Crippen molar-refractivity contribution in [2.24, 2.45) is 0 Å². The number of hydrogen-bond donors (Lipinski definition) is 0. The normalized spacial score (nSPS) is 9.33. The van der Waals surface area contributed by atoms with E-state index in [4.69, 9.17) is 0 Å². The van der Waals surface area contributed by atoms with Gasteiger partial charge in [-0.25, -0.2) is 0 Å². The standard InChI is InChI=1S/C12H11OS.BrH/c13-12(10-14-8-4-5-9-14)11-6-2-1-3-7-11;/h1-9H,10H2;1H/q+1;/p-1. The van der Waals surface area contributed by atoms with Gasteiger partial charge in [-0.15, -0.1) is 0 Å². The second-order valence-corrected chi connectivity index (χ2v) is 4.83. The first kappa shape index (κ1) is 12.1. The molecular formula is C12H11BrOS. The average Bonchev–Trinajstić information content (AvgIpc) is 2.72. The van der Waals surface area contributed by atoms with Crippen LogP contribution in [0.25, 0.3) is 0 Å². The number of thiophene rings is 1. The van der Waals surface area contributed by atoms with E-state index in [1.54, 1.807) is 0 Å². The number of benzene rings is 1. The van der Waals surface area contributed by atoms with Crippen molar-refractivity contribution < 1.29 is 21.8 Å². The first-order valence-electron chi connectivity index (χ1n) is 4.48. The lowest BCUT2D eigenvalue weighted by atomic mass is 10.2. The molecule has 1 heterocycles. The highest BCUT2D eigenvalue weighted by molar-refractivity contribution is 7.28. The molecule has 0 aliphatic rings. The van der Waals surface area contributed by atoms with Gasteiger partial charge in [0, 0.05) is 5.56 Å². The Hall–Kier alpha value is -0.930. The molecule has 0 spiro atoms. The summed E-state index contributed by atoms with van der Waals surface area (Å²) in [6.07, 6.45) is 0. The molecule has 78 valence electrons. The Morgan fingerprint density at radius 2 is 1.60 bits per heavy atom. The van der Waals surface area contributed by atoms with Gasteiger partial charge < -0.3 is 17.0 Å². The number of ketones is 1. The van der Waals surface area contributed by atoms with Gasteiger partial charge in [-0.1, -0.05) is 30.3 Å². The SMILES string of the molecule is O=C(C[s+]1cccc1)c1ccccc1.[Br-]. The molecule has 1 aromatic heterocycles. The van der Waals surface area contributed by atoms with Crippen LogP contribution in [0.4, 0.5) is 0 Å². The number of rotatable bonds is 3. The zero-order valence-corrected chi connectivity index (χ0v) is 10.5. The summed E-state index contributed by atoms with van der Waals surface area (Å²) in [5.74, 6) is 0.835. The minimum atomic E-state index is 0. The van der Waals surface area contributed by atoms with E-state index >= 15 is 0 Å². The minimum Gasteiger partial charge on any atom is -1.00 e. The predicted octanol–water partition coefficient (Wildman–Crippen LogP) is 0.323. The third-order valence-corrected chi connectivity index (χ3v) is 3.62. The van der Waals surface area contributed by atoms with Crippen LogP contribution in [0, 0.1) is 0 Å². The van der Waals surface area contributed by atoms with Crippen molar-refractivity contribution in [1.29, 1.82) is 0 Å². The minimum absolute atomic E-state index is 0. The quantitative estimate of drug-likeness (QED) is 0.586. The van der Waals surface area contributed by atoms with Crippen LogP contribution >= 0.6 is 10.5 Å². The maximum Gasteiger partial charge on any atom is 0.216 e. The average molecular weight is 283 g/mol. The van der Waals surface area contributed by atoms with Gasteiger partial charge in [0.1, 0.15) is 10.8 Å². The van der Waals surface area contributed by atoms with E-state index in [0.717, 1.165) is 5.56 Å². The highest BCUT2D eigenvalue weighted by Gasteiger charge is 2.11. The molecule has 0 radical (unpaired) electrons. The van der Waals surface area contributed by atoms with Gasteiger partial charge in [0.25, 0.3) is 0 Å². The fraction of sp³-hybridized carbons (Fsp3) is 0.0833. The van der Waals surface area contributed by atoms with Crippen molar-refractivity contribution >= 4 is 16.3 Å². The second-order valence-electron chi connectivity index (χ2n) is 3.06. The smallest absolute Gasteiger partial charge is 0.216 e. The van der Waals surface area contributed by atoms with Crippen molar-refractivity contribution in [2.45, 2.75) is 5.75 Å². The van der Waals surface area contributed by atoms with Gasteiger partial charge in [-0.05, 0) is 22.6 Å². The van der Waals surface area contributed by atoms with Crippen LogP contribution in [0.3, 0.4) is 0 Å². The summed E-state index contributed by atoms with van der Waals surface area (Å²) in [4.78, 5) is 11.7. The van der Waals surface area contributed by atoms with Gasteiger partial charge in [0.15, 0.2) is 5.75 Å². The molecule has 0 unspecified atom stereocenters. The van der Waals surface area contributed by atoms with Crippen LogP contribution in [0.15, 0.2) is 53.2 Å². The first-order valence-corrected chi connectivity index (χ1v) is 6.00. The summed E-state index contributed by atoms with van der Waals surface area (Å²) in [6.45, 7) is 0. The van der Waals surface area contributed by atoms with E-state index in [1.807, 2.05) is 42.5 Å². The Morgan fingerprint density at radius 1 is 1.00 bits per heavy atom. The summed E-state index contributed by atoms with van der Waals surface area (Å²) in [7, 11) is 0.0315. The van der Waals surface area contributed by atoms with Crippen molar-refractivity contribution in [3.8, 4) is 0 Å². The third-order valence-electron chi connectivity index (χ3n) is 2.01. The molecule has 0 fully saturated rings. The molecular weight excluding hydrogens is 272 g/mol. The Bertz CT molecular complexity index is 408. The van der Waals surface area contributed by atoms with E-state index in [1.165, 1.54) is 0 Å². The Labute approximate surface area is 103 Å². The monoisotopic (exact) mass is 282 g/mol. The number of hydrogen-bond acceptors (Lipinski definition) is 1. The van der Waals surface area contributed by atoms with Crippen LogP contribution < -0.4 is 17.0 Å². The lowest BCUT2D eigenvalue weighted by Crippen LogP contribution is -3.00. The molecule has 0 saturated carbocycles. The Kier molecular flexibility index (Phi) is 4.72. The molecule has 1 aromatic carbocycles. The zero-order valence-electron chi connectivity index (χ0n) is 8.10. The lowest BCUT2D eigenvalue weighted by Gasteiger charge is -1.93. The summed E-state index contributed by atoms with van der Waals surface area (Å²) >= 11 is 0. The topological polar surface area (TPSA) is 17.1 Å². The van der Waals surface area contributed by atoms with Gasteiger partial charge in [0.05, 0.1) is 0 Å². The highest BCUT2D eigenvalue weighted by atomic mass is 79.9. The van der Waals surface area contributed by atoms with Gasteiger partial charge in [-0.2, -0.15) is 0 Å². The van der Waals surface area contributed by atoms with Crippen LogP contribution in [-0.2, 0) is 5.75 Å². The predicted molar refractivity (Wildman–Crippen MR) is 59.7 cm³/mol. The molecule has 0 bridgehead atoms. The Morgan fingerprint density at radius 3 is 2.20 bits per heavy atom. The number of Topliss-reactive ketones (excluding diaryl/α,β-unsaturated/α-hetero) is 1. The fourth-order valence-corrected chi connectivity index (χ4v) is 2.63. The first-order chi connectivity index (χ1) is 6.86. The molecule has 1 nitrogen and oxygen atoms in total. The van der Waals surface area contributed by atoms with E-state index in [9.17, 15) is 4.79 Å². The summed E-state index contributed by atoms with van der Waals surface area (Å²) in [5.41, 5.74) is 0.814. The fourth-order valence-electron chi connectivity index (χ4n) is 1.29. The largest absolute Gasteiger partial charge is 1.00 e. The zero-order chi connectivity index (χ0) is 9.80. The molecule has 3 heteroatoms. The molecule has 0 saturated heterocycles. The molecule has 15 heavy (non-hydrogen) atoms. The molecule has 2 rings (SSSR count). The van der Waals surface area contributed by atoms with Crippen molar-refractivity contribution in [2.75, 3.05) is 0 Å². The number of carbonyl (C=O) groups is 1. The van der Waals surface area contributed by atoms with Crippen molar-refractivity contribution in [3.05, 3.63) is 58.8 Å². The van der Waals surface area contributed by atoms with Gasteiger partial charge in [-0.3, -0.25) is 4.79 Å². The van der Waals surface area contributed by atoms with E-state index in [0.29, 0.717) is 5.75 Å². The summed E-state index contributed by atoms with van der Waals surface area (Å²) < 4.78 is 0. The molecule has 0 amide bonds. The van der Waals surface area contributed by atoms with Crippen molar-refractivity contribution in [3.63, 3.8) is 0 Å². The number of halogens is 1.